The highest BCUT2D eigenvalue weighted by molar-refractivity contribution is 6.04. The number of hydrogen-bond donors (Lipinski definition) is 2. The fraction of sp³-hybridized carbons (Fsp3) is 0.250. The molecule has 1 heterocycles. The molecular weight excluding hydrogens is 314 g/mol. The van der Waals surface area contributed by atoms with Crippen LogP contribution in [-0.2, 0) is 11.3 Å². The molecule has 2 N–H and O–H groups in total. The maximum atomic E-state index is 12.1. The van der Waals surface area contributed by atoms with Crippen LogP contribution in [0.15, 0.2) is 60.4 Å². The Bertz CT molecular complexity index is 750. The van der Waals surface area contributed by atoms with Crippen molar-refractivity contribution in [1.82, 2.24) is 10.3 Å². The van der Waals surface area contributed by atoms with Crippen LogP contribution in [0.1, 0.15) is 36.7 Å². The van der Waals surface area contributed by atoms with E-state index in [1.54, 1.807) is 24.4 Å². The van der Waals surface area contributed by atoms with Crippen molar-refractivity contribution in [3.63, 3.8) is 0 Å². The monoisotopic (exact) mass is 337 g/mol. The third-order valence-corrected chi connectivity index (χ3v) is 3.87. The Labute approximate surface area is 148 Å². The predicted molar refractivity (Wildman–Crippen MR) is 99.1 cm³/mol. The molecule has 1 aromatic heterocycles. The van der Waals surface area contributed by atoms with Crippen LogP contribution in [0.5, 0.6) is 0 Å². The van der Waals surface area contributed by atoms with Crippen molar-refractivity contribution in [1.29, 1.82) is 0 Å². The number of allylic oxidation sites excluding steroid dienone is 1. The van der Waals surface area contributed by atoms with Crippen molar-refractivity contribution >= 4 is 17.5 Å². The van der Waals surface area contributed by atoms with Gasteiger partial charge in [0, 0.05) is 30.7 Å². The Morgan fingerprint density at radius 1 is 1.16 bits per heavy atom. The molecule has 0 saturated carbocycles. The maximum absolute atomic E-state index is 12.1. The Morgan fingerprint density at radius 3 is 2.48 bits per heavy atom. The molecule has 0 fully saturated rings. The molecule has 25 heavy (non-hydrogen) atoms. The summed E-state index contributed by atoms with van der Waals surface area (Å²) in [5, 5.41) is 5.67. The first-order valence-electron chi connectivity index (χ1n) is 8.22. The average Bonchev–Trinajstić information content (AvgIpc) is 2.61. The van der Waals surface area contributed by atoms with Crippen LogP contribution in [0.2, 0.25) is 0 Å². The molecule has 0 radical (unpaired) electrons. The van der Waals surface area contributed by atoms with Crippen LogP contribution < -0.4 is 10.6 Å². The highest BCUT2D eigenvalue weighted by atomic mass is 16.2. The summed E-state index contributed by atoms with van der Waals surface area (Å²) in [6, 6.07) is 10.8. The van der Waals surface area contributed by atoms with E-state index in [0.717, 1.165) is 11.1 Å². The molecular formula is C20H23N3O2. The molecule has 1 aromatic carbocycles. The van der Waals surface area contributed by atoms with Gasteiger partial charge in [0.25, 0.3) is 5.91 Å². The zero-order chi connectivity index (χ0) is 18.2. The van der Waals surface area contributed by atoms with Gasteiger partial charge in [-0.1, -0.05) is 31.6 Å². The molecule has 0 aliphatic rings. The van der Waals surface area contributed by atoms with Crippen molar-refractivity contribution < 1.29 is 9.59 Å². The summed E-state index contributed by atoms with van der Waals surface area (Å²) in [4.78, 5) is 27.8. The van der Waals surface area contributed by atoms with Gasteiger partial charge in [0.15, 0.2) is 0 Å². The largest absolute Gasteiger partial charge is 0.348 e. The number of hydrogen-bond acceptors (Lipinski definition) is 3. The normalized spacial score (nSPS) is 11.3. The van der Waals surface area contributed by atoms with E-state index < -0.39 is 0 Å². The van der Waals surface area contributed by atoms with Gasteiger partial charge in [-0.15, -0.1) is 0 Å². The third kappa shape index (κ3) is 5.88. The quantitative estimate of drug-likeness (QED) is 0.792. The number of rotatable bonds is 6. The van der Waals surface area contributed by atoms with E-state index in [4.69, 9.17) is 0 Å². The van der Waals surface area contributed by atoms with Gasteiger partial charge in [0.2, 0.25) is 5.91 Å². The fourth-order valence-electron chi connectivity index (χ4n) is 2.02. The Balaban J connectivity index is 1.89. The smallest absolute Gasteiger partial charge is 0.257 e. The van der Waals surface area contributed by atoms with Gasteiger partial charge < -0.3 is 10.6 Å². The molecule has 0 unspecified atom stereocenters. The van der Waals surface area contributed by atoms with Crippen molar-refractivity contribution in [3.05, 3.63) is 71.6 Å². The van der Waals surface area contributed by atoms with Crippen LogP contribution in [0, 0.1) is 5.92 Å². The minimum atomic E-state index is -0.205. The van der Waals surface area contributed by atoms with Gasteiger partial charge in [-0.2, -0.15) is 0 Å². The molecule has 0 aliphatic carbocycles. The summed E-state index contributed by atoms with van der Waals surface area (Å²) in [6.07, 6.45) is 4.77. The lowest BCUT2D eigenvalue weighted by molar-refractivity contribution is -0.116. The lowest BCUT2D eigenvalue weighted by atomic mass is 10.1. The number of benzene rings is 1. The van der Waals surface area contributed by atoms with E-state index in [9.17, 15) is 9.59 Å². The minimum Gasteiger partial charge on any atom is -0.348 e. The second kappa shape index (κ2) is 8.78. The predicted octanol–water partition coefficient (Wildman–Crippen LogP) is 3.55. The first-order chi connectivity index (χ1) is 12.0. The number of nitrogens with zero attached hydrogens (tertiary/aromatic N) is 1. The van der Waals surface area contributed by atoms with Crippen molar-refractivity contribution in [2.75, 3.05) is 5.32 Å². The van der Waals surface area contributed by atoms with E-state index in [0.29, 0.717) is 23.7 Å². The SMILES string of the molecule is C/C(=C\C(=O)NCc1ccc(NC(=O)c2cccnc2)cc1)C(C)C. The second-order valence-electron chi connectivity index (χ2n) is 6.15. The summed E-state index contributed by atoms with van der Waals surface area (Å²) in [7, 11) is 0. The molecule has 0 bridgehead atoms. The Kier molecular flexibility index (Phi) is 6.46. The average molecular weight is 337 g/mol. The molecule has 5 heteroatoms. The van der Waals surface area contributed by atoms with Crippen LogP contribution in [-0.4, -0.2) is 16.8 Å². The summed E-state index contributed by atoms with van der Waals surface area (Å²) < 4.78 is 0. The van der Waals surface area contributed by atoms with Crippen LogP contribution in [0.4, 0.5) is 5.69 Å². The minimum absolute atomic E-state index is 0.0971. The maximum Gasteiger partial charge on any atom is 0.257 e. The van der Waals surface area contributed by atoms with Crippen LogP contribution >= 0.6 is 0 Å². The zero-order valence-corrected chi connectivity index (χ0v) is 14.7. The van der Waals surface area contributed by atoms with Crippen molar-refractivity contribution in [2.45, 2.75) is 27.3 Å². The number of pyridine rings is 1. The van der Waals surface area contributed by atoms with Gasteiger partial charge in [-0.3, -0.25) is 14.6 Å². The number of aromatic nitrogens is 1. The first kappa shape index (κ1) is 18.4. The summed E-state index contributed by atoms with van der Waals surface area (Å²) in [6.45, 7) is 6.50. The number of nitrogens with one attached hydrogen (secondary N) is 2. The van der Waals surface area contributed by atoms with Gasteiger partial charge in [-0.25, -0.2) is 0 Å². The van der Waals surface area contributed by atoms with Gasteiger partial charge in [0.1, 0.15) is 0 Å². The van der Waals surface area contributed by atoms with Crippen LogP contribution in [0.3, 0.4) is 0 Å². The standard InChI is InChI=1S/C20H23N3O2/c1-14(2)15(3)11-19(24)22-12-16-6-8-18(9-7-16)23-20(25)17-5-4-10-21-13-17/h4-11,13-14H,12H2,1-3H3,(H,22,24)(H,23,25)/b15-11+. The molecule has 2 rings (SSSR count). The van der Waals surface area contributed by atoms with E-state index >= 15 is 0 Å². The highest BCUT2D eigenvalue weighted by Gasteiger charge is 2.06. The van der Waals surface area contributed by atoms with Crippen LogP contribution in [0.25, 0.3) is 0 Å². The third-order valence-electron chi connectivity index (χ3n) is 3.87. The number of carbonyl (C=O) groups excluding carboxylic acids is 2. The van der Waals surface area contributed by atoms with Crippen molar-refractivity contribution in [2.24, 2.45) is 5.92 Å². The second-order valence-corrected chi connectivity index (χ2v) is 6.15. The topological polar surface area (TPSA) is 71.1 Å². The molecule has 0 aliphatic heterocycles. The van der Waals surface area contributed by atoms with E-state index in [1.807, 2.05) is 31.2 Å². The molecule has 0 atom stereocenters. The molecule has 2 aromatic rings. The highest BCUT2D eigenvalue weighted by Crippen LogP contribution is 2.11. The Morgan fingerprint density at radius 2 is 1.88 bits per heavy atom. The number of anilines is 1. The van der Waals surface area contributed by atoms with Gasteiger partial charge >= 0.3 is 0 Å². The molecule has 130 valence electrons. The molecule has 0 saturated heterocycles. The molecule has 5 nitrogen and oxygen atoms in total. The van der Waals surface area contributed by atoms with Gasteiger partial charge in [-0.05, 0) is 42.7 Å². The first-order valence-corrected chi connectivity index (χ1v) is 8.22. The molecule has 0 spiro atoms. The Hall–Kier alpha value is -2.95. The van der Waals surface area contributed by atoms with E-state index in [2.05, 4.69) is 29.5 Å². The van der Waals surface area contributed by atoms with Crippen molar-refractivity contribution in [3.8, 4) is 0 Å². The van der Waals surface area contributed by atoms with E-state index in [1.165, 1.54) is 6.20 Å². The lowest BCUT2D eigenvalue weighted by Crippen LogP contribution is -2.21. The van der Waals surface area contributed by atoms with Gasteiger partial charge in [0.05, 0.1) is 5.56 Å². The summed E-state index contributed by atoms with van der Waals surface area (Å²) >= 11 is 0. The summed E-state index contributed by atoms with van der Waals surface area (Å²) in [5.41, 5.74) is 3.21. The zero-order valence-electron chi connectivity index (χ0n) is 14.7. The summed E-state index contributed by atoms with van der Waals surface area (Å²) in [5.74, 6) is 0.0528. The van der Waals surface area contributed by atoms with E-state index in [-0.39, 0.29) is 11.8 Å². The lowest BCUT2D eigenvalue weighted by Gasteiger charge is -2.08. The number of carbonyl (C=O) groups is 2. The molecule has 2 amide bonds. The fourth-order valence-corrected chi connectivity index (χ4v) is 2.02. The number of amides is 2.